The van der Waals surface area contributed by atoms with Gasteiger partial charge >= 0.3 is 0 Å². The second-order valence-electron chi connectivity index (χ2n) is 6.01. The van der Waals surface area contributed by atoms with Crippen molar-refractivity contribution in [3.05, 3.63) is 57.6 Å². The van der Waals surface area contributed by atoms with E-state index in [9.17, 15) is 9.59 Å². The molecule has 0 spiro atoms. The lowest BCUT2D eigenvalue weighted by atomic mass is 9.97. The Bertz CT molecular complexity index is 832. The first-order valence-corrected chi connectivity index (χ1v) is 8.43. The van der Waals surface area contributed by atoms with Gasteiger partial charge in [-0.25, -0.2) is 0 Å². The van der Waals surface area contributed by atoms with Crippen LogP contribution in [0.15, 0.2) is 30.3 Å². The number of carbonyl (C=O) groups is 2. The maximum absolute atomic E-state index is 12.2. The number of amides is 2. The highest BCUT2D eigenvalue weighted by Gasteiger charge is 2.22. The number of anilines is 1. The van der Waals surface area contributed by atoms with Crippen molar-refractivity contribution in [3.63, 3.8) is 0 Å². The van der Waals surface area contributed by atoms with Gasteiger partial charge in [0.2, 0.25) is 5.91 Å². The van der Waals surface area contributed by atoms with Crippen molar-refractivity contribution in [2.24, 2.45) is 0 Å². The van der Waals surface area contributed by atoms with Gasteiger partial charge in [-0.15, -0.1) is 0 Å². The van der Waals surface area contributed by atoms with Crippen LogP contribution >= 0.6 is 11.6 Å². The summed E-state index contributed by atoms with van der Waals surface area (Å²) in [6, 6.07) is 9.44. The van der Waals surface area contributed by atoms with E-state index in [0.717, 1.165) is 22.4 Å². The highest BCUT2D eigenvalue weighted by Crippen LogP contribution is 2.36. The zero-order valence-corrected chi connectivity index (χ0v) is 14.9. The van der Waals surface area contributed by atoms with Crippen LogP contribution in [0.5, 0.6) is 5.75 Å². The summed E-state index contributed by atoms with van der Waals surface area (Å²) in [5.41, 5.74) is 4.15. The van der Waals surface area contributed by atoms with E-state index in [1.165, 1.54) is 6.92 Å². The molecule has 0 bridgehead atoms. The second-order valence-corrected chi connectivity index (χ2v) is 6.39. The van der Waals surface area contributed by atoms with Crippen LogP contribution in [-0.4, -0.2) is 25.0 Å². The van der Waals surface area contributed by atoms with E-state index in [4.69, 9.17) is 16.3 Å². The lowest BCUT2D eigenvalue weighted by Crippen LogP contribution is -2.24. The van der Waals surface area contributed by atoms with E-state index in [2.05, 4.69) is 10.6 Å². The zero-order valence-electron chi connectivity index (χ0n) is 14.1. The summed E-state index contributed by atoms with van der Waals surface area (Å²) in [5, 5.41) is 6.03. The van der Waals surface area contributed by atoms with Gasteiger partial charge in [0.1, 0.15) is 6.61 Å². The normalized spacial score (nSPS) is 13.3. The van der Waals surface area contributed by atoms with Crippen LogP contribution in [0.25, 0.3) is 0 Å². The number of hydrogen-bond donors (Lipinski definition) is 2. The number of nitrogens with one attached hydrogen (secondary N) is 2. The molecule has 3 rings (SSSR count). The van der Waals surface area contributed by atoms with Crippen LogP contribution in [-0.2, 0) is 11.2 Å². The summed E-state index contributed by atoms with van der Waals surface area (Å²) in [6.07, 6.45) is 0.631. The van der Waals surface area contributed by atoms with Crippen molar-refractivity contribution in [2.75, 3.05) is 18.5 Å². The number of hydrogen-bond acceptors (Lipinski definition) is 3. The molecule has 0 radical (unpaired) electrons. The van der Waals surface area contributed by atoms with Crippen LogP contribution < -0.4 is 15.4 Å². The fourth-order valence-electron chi connectivity index (χ4n) is 2.81. The Hall–Kier alpha value is -2.53. The summed E-state index contributed by atoms with van der Waals surface area (Å²) in [7, 11) is 0. The van der Waals surface area contributed by atoms with E-state index in [1.807, 2.05) is 37.3 Å². The highest BCUT2D eigenvalue weighted by molar-refractivity contribution is 6.33. The molecule has 0 fully saturated rings. The first-order chi connectivity index (χ1) is 12.0. The van der Waals surface area contributed by atoms with Crippen molar-refractivity contribution in [1.29, 1.82) is 0 Å². The number of benzene rings is 2. The van der Waals surface area contributed by atoms with E-state index >= 15 is 0 Å². The fraction of sp³-hybridized carbons (Fsp3) is 0.263. The molecule has 0 saturated carbocycles. The van der Waals surface area contributed by atoms with Gasteiger partial charge in [0.15, 0.2) is 5.75 Å². The molecule has 1 aliphatic heterocycles. The topological polar surface area (TPSA) is 67.4 Å². The van der Waals surface area contributed by atoms with Gasteiger partial charge in [-0.1, -0.05) is 23.7 Å². The Kier molecular flexibility index (Phi) is 4.95. The molecule has 0 aliphatic carbocycles. The monoisotopic (exact) mass is 358 g/mol. The maximum atomic E-state index is 12.2. The van der Waals surface area contributed by atoms with Crippen molar-refractivity contribution in [2.45, 2.75) is 20.3 Å². The molecule has 0 saturated heterocycles. The van der Waals surface area contributed by atoms with Crippen molar-refractivity contribution in [3.8, 4) is 5.75 Å². The number of ether oxygens (including phenoxy) is 1. The molecule has 0 unspecified atom stereocenters. The predicted molar refractivity (Wildman–Crippen MR) is 97.6 cm³/mol. The molecule has 2 aromatic carbocycles. The van der Waals surface area contributed by atoms with E-state index < -0.39 is 0 Å². The average Bonchev–Trinajstić information content (AvgIpc) is 2.76. The van der Waals surface area contributed by atoms with Gasteiger partial charge in [0.25, 0.3) is 5.91 Å². The molecule has 6 heteroatoms. The summed E-state index contributed by atoms with van der Waals surface area (Å²) in [4.78, 5) is 23.3. The molecule has 2 aromatic rings. The van der Waals surface area contributed by atoms with Gasteiger partial charge in [-0.2, -0.15) is 0 Å². The van der Waals surface area contributed by atoms with Crippen LogP contribution in [0.1, 0.15) is 34.0 Å². The van der Waals surface area contributed by atoms with E-state index in [-0.39, 0.29) is 11.8 Å². The standard InChI is InChI=1S/C19H19ClN2O3/c1-11-14(9-13-3-5-15(6-4-13)22-12(2)23)10-16-18(17(11)20)25-8-7-21-19(16)24/h3-6,10H,7-9H2,1-2H3,(H,21,24)(H,22,23). The van der Waals surface area contributed by atoms with E-state index in [1.54, 1.807) is 0 Å². The molecular weight excluding hydrogens is 340 g/mol. The molecule has 0 aromatic heterocycles. The third-order valence-corrected chi connectivity index (χ3v) is 4.58. The summed E-state index contributed by atoms with van der Waals surface area (Å²) >= 11 is 6.45. The number of halogens is 1. The molecule has 25 heavy (non-hydrogen) atoms. The largest absolute Gasteiger partial charge is 0.489 e. The van der Waals surface area contributed by atoms with Crippen LogP contribution in [0, 0.1) is 6.92 Å². The Morgan fingerprint density at radius 1 is 1.32 bits per heavy atom. The minimum atomic E-state index is -0.170. The first-order valence-electron chi connectivity index (χ1n) is 8.05. The predicted octanol–water partition coefficient (Wildman–Crippen LogP) is 3.32. The molecule has 1 aliphatic rings. The maximum Gasteiger partial charge on any atom is 0.255 e. The lowest BCUT2D eigenvalue weighted by Gasteiger charge is -2.15. The lowest BCUT2D eigenvalue weighted by molar-refractivity contribution is -0.114. The highest BCUT2D eigenvalue weighted by atomic mass is 35.5. The van der Waals surface area contributed by atoms with Crippen LogP contribution in [0.3, 0.4) is 0 Å². The Morgan fingerprint density at radius 2 is 2.04 bits per heavy atom. The first kappa shape index (κ1) is 17.3. The number of carbonyl (C=O) groups excluding carboxylic acids is 2. The fourth-order valence-corrected chi connectivity index (χ4v) is 3.09. The van der Waals surface area contributed by atoms with Gasteiger partial charge in [-0.05, 0) is 48.2 Å². The van der Waals surface area contributed by atoms with Crippen molar-refractivity contribution >= 4 is 29.1 Å². The van der Waals surface area contributed by atoms with Gasteiger partial charge in [0, 0.05) is 12.6 Å². The third-order valence-electron chi connectivity index (χ3n) is 4.12. The van der Waals surface area contributed by atoms with Crippen molar-refractivity contribution < 1.29 is 14.3 Å². The Morgan fingerprint density at radius 3 is 2.72 bits per heavy atom. The molecule has 0 atom stereocenters. The average molecular weight is 359 g/mol. The quantitative estimate of drug-likeness (QED) is 0.884. The molecule has 5 nitrogen and oxygen atoms in total. The molecule has 1 heterocycles. The summed E-state index contributed by atoms with van der Waals surface area (Å²) in [5.74, 6) is 0.183. The molecule has 2 amide bonds. The molecule has 2 N–H and O–H groups in total. The van der Waals surface area contributed by atoms with Crippen molar-refractivity contribution in [1.82, 2.24) is 5.32 Å². The van der Waals surface area contributed by atoms with Gasteiger partial charge in [0.05, 0.1) is 17.1 Å². The smallest absolute Gasteiger partial charge is 0.255 e. The second kappa shape index (κ2) is 7.15. The Labute approximate surface area is 151 Å². The zero-order chi connectivity index (χ0) is 18.0. The van der Waals surface area contributed by atoms with Gasteiger partial charge < -0.3 is 15.4 Å². The minimum Gasteiger partial charge on any atom is -0.489 e. The van der Waals surface area contributed by atoms with Crippen LogP contribution in [0.2, 0.25) is 5.02 Å². The summed E-state index contributed by atoms with van der Waals surface area (Å²) in [6.45, 7) is 4.27. The minimum absolute atomic E-state index is 0.104. The number of rotatable bonds is 3. The third kappa shape index (κ3) is 3.77. The Balaban J connectivity index is 1.91. The molecular formula is C19H19ClN2O3. The summed E-state index contributed by atoms with van der Waals surface area (Å²) < 4.78 is 5.63. The number of fused-ring (bicyclic) bond motifs is 1. The van der Waals surface area contributed by atoms with E-state index in [0.29, 0.717) is 35.9 Å². The SMILES string of the molecule is CC(=O)Nc1ccc(Cc2cc3c(c(Cl)c2C)OCCNC3=O)cc1. The van der Waals surface area contributed by atoms with Crippen LogP contribution in [0.4, 0.5) is 5.69 Å². The van der Waals surface area contributed by atoms with Gasteiger partial charge in [-0.3, -0.25) is 9.59 Å². The molecule has 130 valence electrons.